The Balaban J connectivity index is 1.77. The molecule has 0 saturated carbocycles. The maximum Gasteiger partial charge on any atom is 0.230 e. The molecule has 1 aromatic heterocycles. The van der Waals surface area contributed by atoms with Crippen LogP contribution in [0.3, 0.4) is 0 Å². The molecular formula is C8H13N5O2. The van der Waals surface area contributed by atoms with Crippen LogP contribution in [-0.2, 0) is 9.63 Å². The molecule has 2 N–H and O–H groups in total. The largest absolute Gasteiger partial charge is 0.309 e. The third-order valence-corrected chi connectivity index (χ3v) is 2.43. The smallest absolute Gasteiger partial charge is 0.230 e. The maximum absolute atomic E-state index is 9.95. The van der Waals surface area contributed by atoms with E-state index in [2.05, 4.69) is 20.9 Å². The van der Waals surface area contributed by atoms with Crippen molar-refractivity contribution in [1.82, 2.24) is 25.6 Å². The Labute approximate surface area is 86.8 Å². The fourth-order valence-corrected chi connectivity index (χ4v) is 1.71. The summed E-state index contributed by atoms with van der Waals surface area (Å²) in [5.41, 5.74) is 2.17. The Morgan fingerprint density at radius 1 is 1.73 bits per heavy atom. The molecule has 82 valence electrons. The van der Waals surface area contributed by atoms with Crippen molar-refractivity contribution in [2.45, 2.75) is 18.5 Å². The van der Waals surface area contributed by atoms with Crippen molar-refractivity contribution in [2.24, 2.45) is 0 Å². The van der Waals surface area contributed by atoms with Crippen LogP contribution < -0.4 is 10.8 Å². The van der Waals surface area contributed by atoms with Crippen LogP contribution in [0.25, 0.3) is 0 Å². The number of hydroxylamine groups is 1. The first-order valence-corrected chi connectivity index (χ1v) is 4.78. The molecule has 7 heteroatoms. The van der Waals surface area contributed by atoms with Crippen LogP contribution >= 0.6 is 0 Å². The van der Waals surface area contributed by atoms with Gasteiger partial charge in [0.15, 0.2) is 0 Å². The highest BCUT2D eigenvalue weighted by Crippen LogP contribution is 2.17. The van der Waals surface area contributed by atoms with E-state index in [9.17, 15) is 4.79 Å². The minimum absolute atomic E-state index is 0.242. The number of hydrogen-bond acceptors (Lipinski definition) is 5. The number of carbonyl (C=O) groups excluding carboxylic acids is 1. The number of aromatic nitrogens is 3. The van der Waals surface area contributed by atoms with Gasteiger partial charge in [-0.2, -0.15) is 5.10 Å². The van der Waals surface area contributed by atoms with Gasteiger partial charge < -0.3 is 5.32 Å². The van der Waals surface area contributed by atoms with Crippen LogP contribution in [0.5, 0.6) is 0 Å². The molecular weight excluding hydrogens is 198 g/mol. The molecule has 2 heterocycles. The molecule has 2 rings (SSSR count). The van der Waals surface area contributed by atoms with Gasteiger partial charge in [-0.3, -0.25) is 9.63 Å². The van der Waals surface area contributed by atoms with Gasteiger partial charge in [-0.15, -0.1) is 0 Å². The van der Waals surface area contributed by atoms with E-state index in [0.29, 0.717) is 19.1 Å². The summed E-state index contributed by atoms with van der Waals surface area (Å²) in [7, 11) is 0. The summed E-state index contributed by atoms with van der Waals surface area (Å²) in [6, 6.07) is 0.559. The van der Waals surface area contributed by atoms with Crippen molar-refractivity contribution in [3.63, 3.8) is 0 Å². The van der Waals surface area contributed by atoms with Gasteiger partial charge in [0, 0.05) is 12.6 Å². The highest BCUT2D eigenvalue weighted by molar-refractivity contribution is 5.43. The second-order valence-electron chi connectivity index (χ2n) is 3.42. The van der Waals surface area contributed by atoms with Crippen LogP contribution in [-0.4, -0.2) is 40.4 Å². The van der Waals surface area contributed by atoms with E-state index < -0.39 is 0 Å². The first-order chi connectivity index (χ1) is 7.40. The predicted molar refractivity (Wildman–Crippen MR) is 50.6 cm³/mol. The van der Waals surface area contributed by atoms with Crippen molar-refractivity contribution < 1.29 is 9.63 Å². The number of nitrogens with zero attached hydrogens (tertiary/aromatic N) is 3. The summed E-state index contributed by atoms with van der Waals surface area (Å²) >= 11 is 0. The molecule has 15 heavy (non-hydrogen) atoms. The third kappa shape index (κ3) is 2.51. The van der Waals surface area contributed by atoms with Crippen molar-refractivity contribution in [3.05, 3.63) is 12.7 Å². The zero-order valence-electron chi connectivity index (χ0n) is 8.17. The number of hydrogen-bond donors (Lipinski definition) is 2. The fourth-order valence-electron chi connectivity index (χ4n) is 1.71. The highest BCUT2D eigenvalue weighted by atomic mass is 16.6. The average Bonchev–Trinajstić information content (AvgIpc) is 2.87. The van der Waals surface area contributed by atoms with Crippen molar-refractivity contribution in [1.29, 1.82) is 0 Å². The average molecular weight is 211 g/mol. The van der Waals surface area contributed by atoms with Crippen LogP contribution in [0.1, 0.15) is 12.5 Å². The molecule has 0 bridgehead atoms. The monoisotopic (exact) mass is 211 g/mol. The van der Waals surface area contributed by atoms with E-state index in [0.717, 1.165) is 13.0 Å². The van der Waals surface area contributed by atoms with Gasteiger partial charge in [-0.25, -0.2) is 15.1 Å². The molecule has 0 spiro atoms. The summed E-state index contributed by atoms with van der Waals surface area (Å²) in [4.78, 5) is 18.8. The number of nitrogens with one attached hydrogen (secondary N) is 2. The van der Waals surface area contributed by atoms with Crippen molar-refractivity contribution in [3.8, 4) is 0 Å². The lowest BCUT2D eigenvalue weighted by molar-refractivity contribution is -0.121. The van der Waals surface area contributed by atoms with Gasteiger partial charge in [-0.1, -0.05) is 0 Å². The van der Waals surface area contributed by atoms with Gasteiger partial charge in [0.25, 0.3) is 0 Å². The lowest BCUT2D eigenvalue weighted by Gasteiger charge is -2.09. The van der Waals surface area contributed by atoms with E-state index in [1.54, 1.807) is 6.33 Å². The molecule has 2 unspecified atom stereocenters. The van der Waals surface area contributed by atoms with Crippen molar-refractivity contribution >= 4 is 6.41 Å². The Kier molecular flexibility index (Phi) is 3.25. The first kappa shape index (κ1) is 10.1. The number of rotatable bonds is 5. The minimum atomic E-state index is 0.242. The SMILES string of the molecule is O=CNOCC1CC(n2cncn2)CN1. The second-order valence-corrected chi connectivity index (χ2v) is 3.42. The zero-order valence-corrected chi connectivity index (χ0v) is 8.17. The molecule has 0 aromatic carbocycles. The predicted octanol–water partition coefficient (Wildman–Crippen LogP) is -1.14. The summed E-state index contributed by atoms with van der Waals surface area (Å²) in [6.45, 7) is 1.31. The summed E-state index contributed by atoms with van der Waals surface area (Å²) in [5, 5.41) is 7.37. The van der Waals surface area contributed by atoms with Gasteiger partial charge >= 0.3 is 0 Å². The van der Waals surface area contributed by atoms with Crippen LogP contribution in [0.15, 0.2) is 12.7 Å². The zero-order chi connectivity index (χ0) is 10.5. The topological polar surface area (TPSA) is 81.1 Å². The molecule has 1 aliphatic heterocycles. The summed E-state index contributed by atoms with van der Waals surface area (Å²) in [6.07, 6.45) is 4.67. The van der Waals surface area contributed by atoms with E-state index in [1.165, 1.54) is 6.33 Å². The van der Waals surface area contributed by atoms with E-state index in [-0.39, 0.29) is 6.04 Å². The highest BCUT2D eigenvalue weighted by Gasteiger charge is 2.25. The van der Waals surface area contributed by atoms with Gasteiger partial charge in [0.05, 0.1) is 12.6 Å². The molecule has 7 nitrogen and oxygen atoms in total. The first-order valence-electron chi connectivity index (χ1n) is 4.78. The molecule has 1 fully saturated rings. The van der Waals surface area contributed by atoms with Crippen LogP contribution in [0.2, 0.25) is 0 Å². The molecule has 0 aliphatic carbocycles. The van der Waals surface area contributed by atoms with Crippen LogP contribution in [0, 0.1) is 0 Å². The summed E-state index contributed by atoms with van der Waals surface area (Å²) in [5.74, 6) is 0. The van der Waals surface area contributed by atoms with Gasteiger partial charge in [0.1, 0.15) is 12.7 Å². The number of amides is 1. The second kappa shape index (κ2) is 4.85. The molecule has 1 amide bonds. The maximum atomic E-state index is 9.95. The molecule has 2 atom stereocenters. The lowest BCUT2D eigenvalue weighted by atomic mass is 10.2. The quantitative estimate of drug-likeness (QED) is 0.365. The van der Waals surface area contributed by atoms with Crippen LogP contribution in [0.4, 0.5) is 0 Å². The Morgan fingerprint density at radius 3 is 3.40 bits per heavy atom. The van der Waals surface area contributed by atoms with E-state index >= 15 is 0 Å². The molecule has 1 saturated heterocycles. The molecule has 1 aromatic rings. The Morgan fingerprint density at radius 2 is 2.67 bits per heavy atom. The molecule has 1 aliphatic rings. The fraction of sp³-hybridized carbons (Fsp3) is 0.625. The molecule has 0 radical (unpaired) electrons. The standard InChI is InChI=1S/C8H13N5O2/c14-6-12-15-3-7-1-8(2-10-7)13-5-9-4-11-13/h4-8,10H,1-3H2,(H,12,14). The normalized spacial score (nSPS) is 25.3. The Bertz CT molecular complexity index is 302. The summed E-state index contributed by atoms with van der Waals surface area (Å²) < 4.78 is 1.83. The van der Waals surface area contributed by atoms with Crippen molar-refractivity contribution in [2.75, 3.05) is 13.2 Å². The third-order valence-electron chi connectivity index (χ3n) is 2.43. The van der Waals surface area contributed by atoms with Gasteiger partial charge in [0.2, 0.25) is 6.41 Å². The minimum Gasteiger partial charge on any atom is -0.309 e. The lowest BCUT2D eigenvalue weighted by Crippen LogP contribution is -2.29. The van der Waals surface area contributed by atoms with E-state index in [4.69, 9.17) is 4.84 Å². The van der Waals surface area contributed by atoms with Gasteiger partial charge in [-0.05, 0) is 6.42 Å². The number of carbonyl (C=O) groups is 1. The van der Waals surface area contributed by atoms with E-state index in [1.807, 2.05) is 4.68 Å². The Hall–Kier alpha value is -1.47.